The molecule has 0 spiro atoms. The molecule has 1 saturated heterocycles. The van der Waals surface area contributed by atoms with Crippen LogP contribution in [-0.2, 0) is 16.6 Å². The van der Waals surface area contributed by atoms with Gasteiger partial charge in [0.2, 0.25) is 11.8 Å². The van der Waals surface area contributed by atoms with E-state index in [1.54, 1.807) is 24.0 Å². The van der Waals surface area contributed by atoms with Gasteiger partial charge >= 0.3 is 0 Å². The summed E-state index contributed by atoms with van der Waals surface area (Å²) in [6, 6.07) is 2.11. The minimum Gasteiger partial charge on any atom is -0.339 e. The Morgan fingerprint density at radius 1 is 1.40 bits per heavy atom. The van der Waals surface area contributed by atoms with E-state index in [4.69, 9.17) is 0 Å². The van der Waals surface area contributed by atoms with Gasteiger partial charge in [0.15, 0.2) is 5.82 Å². The van der Waals surface area contributed by atoms with Crippen LogP contribution in [0, 0.1) is 5.92 Å². The second-order valence-corrected chi connectivity index (χ2v) is 5.75. The van der Waals surface area contributed by atoms with E-state index < -0.39 is 0 Å². The van der Waals surface area contributed by atoms with Crippen LogP contribution in [0.1, 0.15) is 32.1 Å². The molecular weight excluding hydrogens is 256 g/mol. The molecule has 0 unspecified atom stereocenters. The van der Waals surface area contributed by atoms with Crippen LogP contribution in [0.25, 0.3) is 0 Å². The average Bonchev–Trinajstić information content (AvgIpc) is 3.10. The molecule has 1 aliphatic carbocycles. The highest BCUT2D eigenvalue weighted by Crippen LogP contribution is 2.29. The lowest BCUT2D eigenvalue weighted by atomic mass is 10.1. The lowest BCUT2D eigenvalue weighted by Gasteiger charge is -2.23. The number of carbonyl (C=O) groups is 2. The van der Waals surface area contributed by atoms with Crippen molar-refractivity contribution < 1.29 is 9.59 Å². The van der Waals surface area contributed by atoms with Gasteiger partial charge in [0, 0.05) is 38.3 Å². The van der Waals surface area contributed by atoms with E-state index in [9.17, 15) is 9.59 Å². The van der Waals surface area contributed by atoms with Gasteiger partial charge < -0.3 is 10.2 Å². The van der Waals surface area contributed by atoms with Crippen LogP contribution < -0.4 is 5.32 Å². The van der Waals surface area contributed by atoms with Crippen molar-refractivity contribution in [2.24, 2.45) is 13.0 Å². The summed E-state index contributed by atoms with van der Waals surface area (Å²) in [5, 5.41) is 6.91. The van der Waals surface area contributed by atoms with E-state index in [1.165, 1.54) is 12.8 Å². The number of anilines is 1. The zero-order valence-electron chi connectivity index (χ0n) is 11.7. The molecule has 3 rings (SSSR count). The number of carbonyl (C=O) groups excluding carboxylic acids is 2. The van der Waals surface area contributed by atoms with Crippen molar-refractivity contribution in [1.82, 2.24) is 14.7 Å². The first kappa shape index (κ1) is 13.1. The van der Waals surface area contributed by atoms with Crippen molar-refractivity contribution in [2.75, 3.05) is 11.9 Å². The van der Waals surface area contributed by atoms with E-state index in [1.807, 2.05) is 4.90 Å². The molecule has 0 radical (unpaired) electrons. The van der Waals surface area contributed by atoms with Crippen molar-refractivity contribution in [3.05, 3.63) is 12.3 Å². The van der Waals surface area contributed by atoms with Crippen molar-refractivity contribution in [2.45, 2.75) is 38.1 Å². The van der Waals surface area contributed by atoms with Gasteiger partial charge in [-0.3, -0.25) is 14.3 Å². The summed E-state index contributed by atoms with van der Waals surface area (Å²) in [4.78, 5) is 26.2. The highest BCUT2D eigenvalue weighted by Gasteiger charge is 2.38. The fourth-order valence-corrected chi connectivity index (χ4v) is 3.19. The monoisotopic (exact) mass is 276 g/mol. The molecule has 2 heterocycles. The maximum atomic E-state index is 12.2. The minimum absolute atomic E-state index is 0.0995. The van der Waals surface area contributed by atoms with E-state index in [2.05, 4.69) is 10.4 Å². The zero-order valence-corrected chi connectivity index (χ0v) is 11.7. The van der Waals surface area contributed by atoms with Gasteiger partial charge in [-0.25, -0.2) is 0 Å². The van der Waals surface area contributed by atoms with Gasteiger partial charge in [0.25, 0.3) is 0 Å². The standard InChI is InChI=1S/C14H20N4O2/c1-17-7-6-12(16-17)15-14(20)10-8-13(19)18(9-10)11-4-2-3-5-11/h6-7,10-11H,2-5,8-9H2,1H3,(H,15,16,20)/t10-/m0/s1. The van der Waals surface area contributed by atoms with E-state index >= 15 is 0 Å². The molecule has 1 aromatic rings. The second kappa shape index (κ2) is 5.26. The summed E-state index contributed by atoms with van der Waals surface area (Å²) < 4.78 is 1.64. The normalized spacial score (nSPS) is 23.6. The molecule has 1 N–H and O–H groups in total. The van der Waals surface area contributed by atoms with E-state index in [0.29, 0.717) is 24.8 Å². The van der Waals surface area contributed by atoms with Gasteiger partial charge in [0.05, 0.1) is 5.92 Å². The van der Waals surface area contributed by atoms with Gasteiger partial charge in [-0.2, -0.15) is 5.10 Å². The van der Waals surface area contributed by atoms with Gasteiger partial charge in [-0.05, 0) is 12.8 Å². The first-order chi connectivity index (χ1) is 9.63. The van der Waals surface area contributed by atoms with Crippen LogP contribution in [0.3, 0.4) is 0 Å². The minimum atomic E-state index is -0.245. The zero-order chi connectivity index (χ0) is 14.1. The SMILES string of the molecule is Cn1ccc(NC(=O)[C@H]2CC(=O)N(C3CCCC3)C2)n1. The predicted molar refractivity (Wildman–Crippen MR) is 73.9 cm³/mol. The first-order valence-electron chi connectivity index (χ1n) is 7.23. The Kier molecular flexibility index (Phi) is 3.46. The van der Waals surface area contributed by atoms with Crippen molar-refractivity contribution in [1.29, 1.82) is 0 Å². The number of rotatable bonds is 3. The molecule has 0 aromatic carbocycles. The second-order valence-electron chi connectivity index (χ2n) is 5.75. The van der Waals surface area contributed by atoms with Gasteiger partial charge in [0.1, 0.15) is 0 Å². The molecule has 1 aromatic heterocycles. The Hall–Kier alpha value is -1.85. The van der Waals surface area contributed by atoms with E-state index in [0.717, 1.165) is 12.8 Å². The number of hydrogen-bond acceptors (Lipinski definition) is 3. The fourth-order valence-electron chi connectivity index (χ4n) is 3.19. The fraction of sp³-hybridized carbons (Fsp3) is 0.643. The highest BCUT2D eigenvalue weighted by atomic mass is 16.2. The maximum Gasteiger partial charge on any atom is 0.230 e. The molecule has 2 fully saturated rings. The summed E-state index contributed by atoms with van der Waals surface area (Å²) in [5.74, 6) is 0.324. The maximum absolute atomic E-state index is 12.2. The molecular formula is C14H20N4O2. The largest absolute Gasteiger partial charge is 0.339 e. The van der Waals surface area contributed by atoms with Crippen molar-refractivity contribution >= 4 is 17.6 Å². The lowest BCUT2D eigenvalue weighted by Crippen LogP contribution is -2.35. The van der Waals surface area contributed by atoms with Crippen LogP contribution in [0.2, 0.25) is 0 Å². The molecule has 108 valence electrons. The predicted octanol–water partition coefficient (Wildman–Crippen LogP) is 1.15. The first-order valence-corrected chi connectivity index (χ1v) is 7.23. The Morgan fingerprint density at radius 3 is 2.80 bits per heavy atom. The number of nitrogens with zero attached hydrogens (tertiary/aromatic N) is 3. The summed E-state index contributed by atoms with van der Waals surface area (Å²) in [5.41, 5.74) is 0. The van der Waals surface area contributed by atoms with Gasteiger partial charge in [-0.15, -0.1) is 0 Å². The number of aromatic nitrogens is 2. The molecule has 6 nitrogen and oxygen atoms in total. The third-order valence-corrected chi connectivity index (χ3v) is 4.26. The average molecular weight is 276 g/mol. The quantitative estimate of drug-likeness (QED) is 0.900. The molecule has 2 amide bonds. The number of aryl methyl sites for hydroxylation is 1. The third-order valence-electron chi connectivity index (χ3n) is 4.26. The highest BCUT2D eigenvalue weighted by molar-refractivity contribution is 5.96. The number of hydrogen-bond donors (Lipinski definition) is 1. The summed E-state index contributed by atoms with van der Waals surface area (Å²) in [7, 11) is 1.80. The number of amides is 2. The van der Waals surface area contributed by atoms with Gasteiger partial charge in [-0.1, -0.05) is 12.8 Å². The third kappa shape index (κ3) is 2.55. The van der Waals surface area contributed by atoms with Crippen LogP contribution in [-0.4, -0.2) is 39.1 Å². The van der Waals surface area contributed by atoms with Crippen LogP contribution in [0.4, 0.5) is 5.82 Å². The Labute approximate surface area is 118 Å². The molecule has 2 aliphatic rings. The van der Waals surface area contributed by atoms with Crippen LogP contribution in [0.5, 0.6) is 0 Å². The molecule has 6 heteroatoms. The summed E-state index contributed by atoms with van der Waals surface area (Å²) in [6.45, 7) is 0.558. The van der Waals surface area contributed by atoms with Crippen LogP contribution in [0.15, 0.2) is 12.3 Å². The Bertz CT molecular complexity index is 519. The summed E-state index contributed by atoms with van der Waals surface area (Å²) >= 11 is 0. The molecule has 1 aliphatic heterocycles. The lowest BCUT2D eigenvalue weighted by molar-refractivity contribution is -0.129. The molecule has 0 bridgehead atoms. The van der Waals surface area contributed by atoms with Crippen LogP contribution >= 0.6 is 0 Å². The van der Waals surface area contributed by atoms with Crippen molar-refractivity contribution in [3.63, 3.8) is 0 Å². The Balaban J connectivity index is 1.60. The number of likely N-dealkylation sites (tertiary alicyclic amines) is 1. The molecule has 1 saturated carbocycles. The molecule has 20 heavy (non-hydrogen) atoms. The van der Waals surface area contributed by atoms with E-state index in [-0.39, 0.29) is 17.7 Å². The molecule has 1 atom stereocenters. The number of nitrogens with one attached hydrogen (secondary N) is 1. The van der Waals surface area contributed by atoms with Crippen molar-refractivity contribution in [3.8, 4) is 0 Å². The summed E-state index contributed by atoms with van der Waals surface area (Å²) in [6.07, 6.45) is 6.66. The Morgan fingerprint density at radius 2 is 2.15 bits per heavy atom. The topological polar surface area (TPSA) is 67.2 Å². The smallest absolute Gasteiger partial charge is 0.230 e.